The Hall–Kier alpha value is -2.55. The molecule has 0 atom stereocenters. The summed E-state index contributed by atoms with van der Waals surface area (Å²) in [5.41, 5.74) is 1.05. The first-order valence-corrected chi connectivity index (χ1v) is 7.48. The van der Waals surface area contributed by atoms with Crippen molar-refractivity contribution in [2.45, 2.75) is 13.8 Å². The van der Waals surface area contributed by atoms with Crippen molar-refractivity contribution < 1.29 is 4.79 Å². The Balaban J connectivity index is 0.000000287. The first-order chi connectivity index (χ1) is 10.7. The van der Waals surface area contributed by atoms with Gasteiger partial charge < -0.3 is 9.47 Å². The van der Waals surface area contributed by atoms with Gasteiger partial charge in [0, 0.05) is 37.8 Å². The summed E-state index contributed by atoms with van der Waals surface area (Å²) in [7, 11) is 0. The normalized spacial score (nSPS) is 9.91. The molecule has 2 aromatic rings. The van der Waals surface area contributed by atoms with Crippen molar-refractivity contribution in [3.05, 3.63) is 73.1 Å². The van der Waals surface area contributed by atoms with Crippen LogP contribution < -0.4 is 0 Å². The summed E-state index contributed by atoms with van der Waals surface area (Å²) in [4.78, 5) is 13.4. The van der Waals surface area contributed by atoms with Gasteiger partial charge in [0.25, 0.3) is 0 Å². The Kier molecular flexibility index (Phi) is 8.13. The largest absolute Gasteiger partial charge is 0.340 e. The van der Waals surface area contributed by atoms with Gasteiger partial charge in [-0.25, -0.2) is 0 Å². The quantitative estimate of drug-likeness (QED) is 0.761. The molecule has 3 nitrogen and oxygen atoms in total. The van der Waals surface area contributed by atoms with Crippen molar-refractivity contribution in [1.29, 1.82) is 0 Å². The third kappa shape index (κ3) is 6.27. The van der Waals surface area contributed by atoms with Gasteiger partial charge in [-0.15, -0.1) is 0 Å². The Morgan fingerprint density at radius 3 is 2.14 bits per heavy atom. The first kappa shape index (κ1) is 17.5. The van der Waals surface area contributed by atoms with Gasteiger partial charge in [-0.2, -0.15) is 0 Å². The number of benzene rings is 1. The highest BCUT2D eigenvalue weighted by atomic mass is 16.2. The van der Waals surface area contributed by atoms with Crippen LogP contribution in [-0.2, 0) is 4.79 Å². The van der Waals surface area contributed by atoms with Crippen LogP contribution >= 0.6 is 0 Å². The van der Waals surface area contributed by atoms with Gasteiger partial charge in [0.05, 0.1) is 0 Å². The molecule has 0 aliphatic rings. The predicted octanol–water partition coefficient (Wildman–Crippen LogP) is 4.16. The number of amides is 1. The second-order valence-corrected chi connectivity index (χ2v) is 4.57. The van der Waals surface area contributed by atoms with Crippen molar-refractivity contribution in [2.24, 2.45) is 0 Å². The van der Waals surface area contributed by atoms with Crippen molar-refractivity contribution in [3.63, 3.8) is 0 Å². The van der Waals surface area contributed by atoms with Crippen LogP contribution in [0.4, 0.5) is 0 Å². The molecule has 1 aromatic carbocycles. The summed E-state index contributed by atoms with van der Waals surface area (Å²) in [6, 6.07) is 13.8. The molecule has 0 aliphatic carbocycles. The minimum atomic E-state index is 0.0730. The first-order valence-electron chi connectivity index (χ1n) is 7.48. The topological polar surface area (TPSA) is 25.2 Å². The summed E-state index contributed by atoms with van der Waals surface area (Å²) in [5.74, 6) is 0.0730. The average molecular weight is 296 g/mol. The third-order valence-corrected chi connectivity index (χ3v) is 3.13. The van der Waals surface area contributed by atoms with Crippen LogP contribution in [0.2, 0.25) is 0 Å². The van der Waals surface area contributed by atoms with Crippen LogP contribution in [0.5, 0.6) is 0 Å². The van der Waals surface area contributed by atoms with E-state index in [9.17, 15) is 4.79 Å². The Morgan fingerprint density at radius 2 is 1.68 bits per heavy atom. The van der Waals surface area contributed by atoms with Gasteiger partial charge in [0.1, 0.15) is 0 Å². The van der Waals surface area contributed by atoms with E-state index in [-0.39, 0.29) is 5.91 Å². The highest BCUT2D eigenvalue weighted by Crippen LogP contribution is 2.01. The van der Waals surface area contributed by atoms with Crippen LogP contribution in [0.15, 0.2) is 67.5 Å². The Bertz CT molecular complexity index is 567. The van der Waals surface area contributed by atoms with Gasteiger partial charge in [-0.3, -0.25) is 4.79 Å². The lowest BCUT2D eigenvalue weighted by atomic mass is 10.2. The maximum absolute atomic E-state index is 11.6. The van der Waals surface area contributed by atoms with E-state index in [1.165, 1.54) is 0 Å². The SMILES string of the molecule is C=Cn1cccc1.CCN(CC)C(=O)C=Cc1ccccc1. The summed E-state index contributed by atoms with van der Waals surface area (Å²) >= 11 is 0. The molecule has 0 saturated heterocycles. The molecule has 2 rings (SSSR count). The minimum Gasteiger partial charge on any atom is -0.340 e. The Labute approximate surface area is 133 Å². The zero-order valence-corrected chi connectivity index (χ0v) is 13.4. The van der Waals surface area contributed by atoms with Crippen molar-refractivity contribution in [3.8, 4) is 0 Å². The third-order valence-electron chi connectivity index (χ3n) is 3.13. The molecule has 0 fully saturated rings. The maximum Gasteiger partial charge on any atom is 0.246 e. The number of hydrogen-bond donors (Lipinski definition) is 0. The fourth-order valence-electron chi connectivity index (χ4n) is 1.84. The molecule has 0 saturated carbocycles. The molecule has 0 unspecified atom stereocenters. The maximum atomic E-state index is 11.6. The highest BCUT2D eigenvalue weighted by Gasteiger charge is 2.03. The van der Waals surface area contributed by atoms with Crippen LogP contribution in [0, 0.1) is 0 Å². The van der Waals surface area contributed by atoms with Gasteiger partial charge >= 0.3 is 0 Å². The number of carbonyl (C=O) groups is 1. The molecule has 0 N–H and O–H groups in total. The molecule has 1 heterocycles. The fourth-order valence-corrected chi connectivity index (χ4v) is 1.84. The number of aromatic nitrogens is 1. The molecule has 0 radical (unpaired) electrons. The molecule has 1 aromatic heterocycles. The zero-order chi connectivity index (χ0) is 16.2. The average Bonchev–Trinajstić information content (AvgIpc) is 3.09. The van der Waals surface area contributed by atoms with E-state index in [1.807, 2.05) is 79.3 Å². The summed E-state index contributed by atoms with van der Waals surface area (Å²) in [6.45, 7) is 9.05. The highest BCUT2D eigenvalue weighted by molar-refractivity contribution is 5.91. The van der Waals surface area contributed by atoms with E-state index in [4.69, 9.17) is 0 Å². The molecule has 116 valence electrons. The Morgan fingerprint density at radius 1 is 1.09 bits per heavy atom. The molecular weight excluding hydrogens is 272 g/mol. The van der Waals surface area contributed by atoms with Gasteiger partial charge in [0.15, 0.2) is 0 Å². The standard InChI is InChI=1S/C13H17NO.C6H7N/c1-3-14(4-2)13(15)11-10-12-8-6-5-7-9-12;1-2-7-5-3-4-6-7/h5-11H,3-4H2,1-2H3;2-6H,1H2. The van der Waals surface area contributed by atoms with Gasteiger partial charge in [-0.1, -0.05) is 36.9 Å². The summed E-state index contributed by atoms with van der Waals surface area (Å²) in [6.07, 6.45) is 9.10. The zero-order valence-electron chi connectivity index (χ0n) is 13.4. The number of likely N-dealkylation sites (N-methyl/N-ethyl adjacent to an activating group) is 1. The van der Waals surface area contributed by atoms with Gasteiger partial charge in [0.2, 0.25) is 5.91 Å². The predicted molar refractivity (Wildman–Crippen MR) is 94.2 cm³/mol. The molecule has 0 bridgehead atoms. The minimum absolute atomic E-state index is 0.0730. The number of hydrogen-bond acceptors (Lipinski definition) is 1. The van der Waals surface area contributed by atoms with Crippen molar-refractivity contribution >= 4 is 18.2 Å². The van der Waals surface area contributed by atoms with Crippen LogP contribution in [0.1, 0.15) is 19.4 Å². The van der Waals surface area contributed by atoms with Crippen molar-refractivity contribution in [2.75, 3.05) is 13.1 Å². The van der Waals surface area contributed by atoms with Crippen LogP contribution in [0.3, 0.4) is 0 Å². The number of nitrogens with zero attached hydrogens (tertiary/aromatic N) is 2. The number of carbonyl (C=O) groups excluding carboxylic acids is 1. The molecule has 22 heavy (non-hydrogen) atoms. The lowest BCUT2D eigenvalue weighted by Crippen LogP contribution is -2.28. The second-order valence-electron chi connectivity index (χ2n) is 4.57. The lowest BCUT2D eigenvalue weighted by Gasteiger charge is -2.15. The summed E-state index contributed by atoms with van der Waals surface area (Å²) < 4.78 is 1.89. The molecular formula is C19H24N2O. The van der Waals surface area contributed by atoms with Crippen molar-refractivity contribution in [1.82, 2.24) is 9.47 Å². The fraction of sp³-hybridized carbons (Fsp3) is 0.211. The molecule has 0 spiro atoms. The van der Waals surface area contributed by atoms with Crippen LogP contribution in [0.25, 0.3) is 12.3 Å². The monoisotopic (exact) mass is 296 g/mol. The van der Waals surface area contributed by atoms with Gasteiger partial charge in [-0.05, 0) is 37.6 Å². The number of rotatable bonds is 5. The smallest absolute Gasteiger partial charge is 0.246 e. The van der Waals surface area contributed by atoms with E-state index in [0.29, 0.717) is 0 Å². The summed E-state index contributed by atoms with van der Waals surface area (Å²) in [5, 5.41) is 0. The molecule has 3 heteroatoms. The lowest BCUT2D eigenvalue weighted by molar-refractivity contribution is -0.125. The second kappa shape index (κ2) is 10.2. The van der Waals surface area contributed by atoms with E-state index in [1.54, 1.807) is 17.2 Å². The van der Waals surface area contributed by atoms with E-state index >= 15 is 0 Å². The van der Waals surface area contributed by atoms with E-state index in [2.05, 4.69) is 6.58 Å². The molecule has 0 aliphatic heterocycles. The van der Waals surface area contributed by atoms with E-state index < -0.39 is 0 Å². The molecule has 1 amide bonds. The van der Waals surface area contributed by atoms with E-state index in [0.717, 1.165) is 18.7 Å². The van der Waals surface area contributed by atoms with Crippen LogP contribution in [-0.4, -0.2) is 28.5 Å².